The van der Waals surface area contributed by atoms with Gasteiger partial charge in [0.1, 0.15) is 0 Å². The van der Waals surface area contributed by atoms with E-state index in [-0.39, 0.29) is 12.5 Å². The van der Waals surface area contributed by atoms with E-state index in [1.807, 2.05) is 12.1 Å². The number of aromatic nitrogens is 1. The van der Waals surface area contributed by atoms with Crippen molar-refractivity contribution in [1.29, 1.82) is 0 Å². The maximum Gasteiger partial charge on any atom is 0.254 e. The average molecular weight is 231 g/mol. The quantitative estimate of drug-likeness (QED) is 0.816. The molecule has 1 aromatic carbocycles. The normalized spacial score (nSPS) is 10.4. The Labute approximate surface area is 98.2 Å². The molecule has 88 valence electrons. The van der Waals surface area contributed by atoms with Gasteiger partial charge in [0.25, 0.3) is 5.91 Å². The molecule has 0 aliphatic heterocycles. The van der Waals surface area contributed by atoms with Gasteiger partial charge in [0, 0.05) is 29.7 Å². The Morgan fingerprint density at radius 1 is 1.35 bits per heavy atom. The van der Waals surface area contributed by atoms with Crippen LogP contribution in [-0.2, 0) is 4.79 Å². The Balaban J connectivity index is 2.36. The zero-order valence-electron chi connectivity index (χ0n) is 9.43. The van der Waals surface area contributed by atoms with E-state index in [0.29, 0.717) is 5.56 Å². The van der Waals surface area contributed by atoms with Crippen LogP contribution >= 0.6 is 0 Å². The van der Waals surface area contributed by atoms with E-state index in [9.17, 15) is 9.59 Å². The second-order valence-electron chi connectivity index (χ2n) is 3.87. The van der Waals surface area contributed by atoms with Gasteiger partial charge in [-0.2, -0.15) is 0 Å². The molecule has 0 spiro atoms. The summed E-state index contributed by atoms with van der Waals surface area (Å²) < 4.78 is 0. The summed E-state index contributed by atoms with van der Waals surface area (Å²) in [4.78, 5) is 27.2. The molecule has 3 N–H and O–H groups in total. The van der Waals surface area contributed by atoms with Gasteiger partial charge in [-0.1, -0.05) is 6.07 Å². The average Bonchev–Trinajstić information content (AvgIpc) is 2.74. The largest absolute Gasteiger partial charge is 0.368 e. The van der Waals surface area contributed by atoms with Crippen LogP contribution in [0, 0.1) is 0 Å². The number of H-pyrrole nitrogens is 1. The predicted molar refractivity (Wildman–Crippen MR) is 64.5 cm³/mol. The summed E-state index contributed by atoms with van der Waals surface area (Å²) in [6.07, 6.45) is 1.77. The van der Waals surface area contributed by atoms with Gasteiger partial charge in [-0.25, -0.2) is 0 Å². The summed E-state index contributed by atoms with van der Waals surface area (Å²) in [5.74, 6) is -0.740. The van der Waals surface area contributed by atoms with Gasteiger partial charge in [-0.3, -0.25) is 9.59 Å². The molecule has 17 heavy (non-hydrogen) atoms. The monoisotopic (exact) mass is 231 g/mol. The van der Waals surface area contributed by atoms with Gasteiger partial charge in [0.2, 0.25) is 5.91 Å². The molecule has 2 amide bonds. The molecule has 5 heteroatoms. The van der Waals surface area contributed by atoms with E-state index >= 15 is 0 Å². The smallest absolute Gasteiger partial charge is 0.254 e. The van der Waals surface area contributed by atoms with Gasteiger partial charge in [-0.05, 0) is 18.2 Å². The van der Waals surface area contributed by atoms with Crippen LogP contribution in [0.1, 0.15) is 10.4 Å². The highest BCUT2D eigenvalue weighted by Gasteiger charge is 2.16. The number of nitrogens with two attached hydrogens (primary N) is 1. The number of rotatable bonds is 3. The number of carbonyl (C=O) groups excluding carboxylic acids is 2. The van der Waals surface area contributed by atoms with Crippen LogP contribution in [0.5, 0.6) is 0 Å². The number of likely N-dealkylation sites (N-methyl/N-ethyl adjacent to an activating group) is 1. The molecular weight excluding hydrogens is 218 g/mol. The fraction of sp³-hybridized carbons (Fsp3) is 0.167. The maximum absolute atomic E-state index is 12.1. The zero-order valence-corrected chi connectivity index (χ0v) is 9.43. The molecule has 0 bridgehead atoms. The number of benzene rings is 1. The first kappa shape index (κ1) is 11.2. The standard InChI is InChI=1S/C12H13N3O2/c1-15(7-11(13)16)12(17)9-3-2-4-10-8(9)5-6-14-10/h2-6,14H,7H2,1H3,(H2,13,16). The highest BCUT2D eigenvalue weighted by Crippen LogP contribution is 2.18. The van der Waals surface area contributed by atoms with Crippen molar-refractivity contribution in [3.05, 3.63) is 36.0 Å². The van der Waals surface area contributed by atoms with Gasteiger partial charge >= 0.3 is 0 Å². The lowest BCUT2D eigenvalue weighted by atomic mass is 10.1. The number of fused-ring (bicyclic) bond motifs is 1. The van der Waals surface area contributed by atoms with Gasteiger partial charge in [0.05, 0.1) is 6.54 Å². The van der Waals surface area contributed by atoms with Crippen molar-refractivity contribution in [2.24, 2.45) is 5.73 Å². The summed E-state index contributed by atoms with van der Waals surface area (Å²) in [5.41, 5.74) is 6.52. The minimum Gasteiger partial charge on any atom is -0.368 e. The number of hydrogen-bond donors (Lipinski definition) is 2. The fourth-order valence-electron chi connectivity index (χ4n) is 1.78. The lowest BCUT2D eigenvalue weighted by Crippen LogP contribution is -2.35. The van der Waals surface area contributed by atoms with Crippen molar-refractivity contribution in [1.82, 2.24) is 9.88 Å². The molecule has 1 aromatic heterocycles. The lowest BCUT2D eigenvalue weighted by molar-refractivity contribution is -0.118. The second kappa shape index (κ2) is 4.29. The molecule has 0 radical (unpaired) electrons. The number of carbonyl (C=O) groups is 2. The Morgan fingerprint density at radius 3 is 2.82 bits per heavy atom. The lowest BCUT2D eigenvalue weighted by Gasteiger charge is -2.15. The zero-order chi connectivity index (χ0) is 12.4. The third-order valence-corrected chi connectivity index (χ3v) is 2.57. The number of nitrogens with one attached hydrogen (secondary N) is 1. The molecule has 0 aliphatic carbocycles. The molecule has 0 unspecified atom stereocenters. The Kier molecular flexibility index (Phi) is 2.82. The van der Waals surface area contributed by atoms with E-state index in [2.05, 4.69) is 4.98 Å². The third-order valence-electron chi connectivity index (χ3n) is 2.57. The molecule has 0 fully saturated rings. The van der Waals surface area contributed by atoms with Crippen LogP contribution in [0.2, 0.25) is 0 Å². The first-order valence-electron chi connectivity index (χ1n) is 5.19. The number of amides is 2. The summed E-state index contributed by atoms with van der Waals surface area (Å²) in [5, 5.41) is 0.842. The van der Waals surface area contributed by atoms with E-state index in [4.69, 9.17) is 5.73 Å². The molecule has 2 rings (SSSR count). The summed E-state index contributed by atoms with van der Waals surface area (Å²) in [6.45, 7) is -0.0837. The van der Waals surface area contributed by atoms with Crippen LogP contribution in [0.15, 0.2) is 30.5 Å². The van der Waals surface area contributed by atoms with Crippen LogP contribution in [0.4, 0.5) is 0 Å². The third kappa shape index (κ3) is 2.13. The molecule has 2 aromatic rings. The van der Waals surface area contributed by atoms with E-state index in [0.717, 1.165) is 10.9 Å². The number of primary amides is 1. The van der Waals surface area contributed by atoms with Crippen LogP contribution in [0.25, 0.3) is 10.9 Å². The minimum atomic E-state index is -0.526. The molecule has 0 aliphatic rings. The van der Waals surface area contributed by atoms with E-state index < -0.39 is 5.91 Å². The summed E-state index contributed by atoms with van der Waals surface area (Å²) in [6, 6.07) is 7.25. The van der Waals surface area contributed by atoms with E-state index in [1.54, 1.807) is 25.4 Å². The molecule has 5 nitrogen and oxygen atoms in total. The maximum atomic E-state index is 12.1. The Morgan fingerprint density at radius 2 is 2.12 bits per heavy atom. The van der Waals surface area contributed by atoms with Crippen LogP contribution < -0.4 is 5.73 Å². The van der Waals surface area contributed by atoms with Crippen LogP contribution in [0.3, 0.4) is 0 Å². The Hall–Kier alpha value is -2.30. The number of nitrogens with zero attached hydrogens (tertiary/aromatic N) is 1. The number of hydrogen-bond acceptors (Lipinski definition) is 2. The van der Waals surface area contributed by atoms with Crippen LogP contribution in [-0.4, -0.2) is 35.3 Å². The minimum absolute atomic E-state index is 0.0837. The molecule has 0 atom stereocenters. The molecule has 0 saturated carbocycles. The van der Waals surface area contributed by atoms with E-state index in [1.165, 1.54) is 4.90 Å². The van der Waals surface area contributed by atoms with Crippen molar-refractivity contribution in [2.45, 2.75) is 0 Å². The summed E-state index contributed by atoms with van der Waals surface area (Å²) >= 11 is 0. The van der Waals surface area contributed by atoms with Crippen molar-refractivity contribution in [2.75, 3.05) is 13.6 Å². The first-order chi connectivity index (χ1) is 8.09. The van der Waals surface area contributed by atoms with Gasteiger partial charge < -0.3 is 15.6 Å². The second-order valence-corrected chi connectivity index (χ2v) is 3.87. The van der Waals surface area contributed by atoms with Crippen molar-refractivity contribution >= 4 is 22.7 Å². The summed E-state index contributed by atoms with van der Waals surface area (Å²) in [7, 11) is 1.55. The van der Waals surface area contributed by atoms with Crippen molar-refractivity contribution in [3.8, 4) is 0 Å². The predicted octanol–water partition coefficient (Wildman–Crippen LogP) is 0.725. The van der Waals surface area contributed by atoms with Gasteiger partial charge in [-0.15, -0.1) is 0 Å². The molecule has 1 heterocycles. The molecule has 0 saturated heterocycles. The fourth-order valence-corrected chi connectivity index (χ4v) is 1.78. The SMILES string of the molecule is CN(CC(N)=O)C(=O)c1cccc2[nH]ccc12. The highest BCUT2D eigenvalue weighted by molar-refractivity contribution is 6.07. The topological polar surface area (TPSA) is 79.2 Å². The van der Waals surface area contributed by atoms with Crippen molar-refractivity contribution in [3.63, 3.8) is 0 Å². The number of aromatic amines is 1. The molecular formula is C12H13N3O2. The van der Waals surface area contributed by atoms with Crippen molar-refractivity contribution < 1.29 is 9.59 Å². The Bertz CT molecular complexity index is 574. The van der Waals surface area contributed by atoms with Gasteiger partial charge in [0.15, 0.2) is 0 Å². The highest BCUT2D eigenvalue weighted by atomic mass is 16.2. The first-order valence-corrected chi connectivity index (χ1v) is 5.19.